The fourth-order valence-electron chi connectivity index (χ4n) is 2.59. The highest BCUT2D eigenvalue weighted by atomic mass is 16.8. The Kier molecular flexibility index (Phi) is 6.27. The Morgan fingerprint density at radius 1 is 0.696 bits per heavy atom. The number of nitrogens with two attached hydrogens (primary N) is 2. The average Bonchev–Trinajstić information content (AvgIpc) is 2.55. The molecule has 0 unspecified atom stereocenters. The maximum absolute atomic E-state index is 10.00. The SMILES string of the molecule is N[C@@H]1[C@H](O)[C@H](O[C@H]2O[C@H](CO)[C@@H](O)[C@H](N)[C@@H]2O)O[C@H](CO)[C@H]1O. The van der Waals surface area contributed by atoms with E-state index in [-0.39, 0.29) is 0 Å². The van der Waals surface area contributed by atoms with Gasteiger partial charge in [0.15, 0.2) is 12.6 Å². The lowest BCUT2D eigenvalue weighted by Crippen LogP contribution is -2.66. The van der Waals surface area contributed by atoms with Gasteiger partial charge < -0.3 is 56.3 Å². The first kappa shape index (κ1) is 18.9. The first-order valence-corrected chi connectivity index (χ1v) is 7.23. The molecule has 11 nitrogen and oxygen atoms in total. The molecular weight excluding hydrogens is 316 g/mol. The topological polar surface area (TPSA) is 201 Å². The van der Waals surface area contributed by atoms with Gasteiger partial charge in [-0.15, -0.1) is 0 Å². The third kappa shape index (κ3) is 3.65. The molecule has 0 bridgehead atoms. The van der Waals surface area contributed by atoms with Crippen molar-refractivity contribution in [1.82, 2.24) is 0 Å². The fourth-order valence-corrected chi connectivity index (χ4v) is 2.59. The van der Waals surface area contributed by atoms with Crippen molar-refractivity contribution in [3.8, 4) is 0 Å². The Balaban J connectivity index is 2.07. The quantitative estimate of drug-likeness (QED) is 0.242. The van der Waals surface area contributed by atoms with Gasteiger partial charge in [-0.3, -0.25) is 0 Å². The number of rotatable bonds is 4. The van der Waals surface area contributed by atoms with Crippen molar-refractivity contribution in [2.45, 2.75) is 61.3 Å². The van der Waals surface area contributed by atoms with Crippen LogP contribution >= 0.6 is 0 Å². The normalized spacial score (nSPS) is 51.7. The van der Waals surface area contributed by atoms with E-state index in [0.29, 0.717) is 0 Å². The Morgan fingerprint density at radius 3 is 1.35 bits per heavy atom. The van der Waals surface area contributed by atoms with Crippen molar-refractivity contribution in [3.63, 3.8) is 0 Å². The van der Waals surface area contributed by atoms with Crippen LogP contribution in [0.25, 0.3) is 0 Å². The van der Waals surface area contributed by atoms with Gasteiger partial charge in [0.1, 0.15) is 36.6 Å². The maximum atomic E-state index is 10.00. The van der Waals surface area contributed by atoms with E-state index < -0.39 is 74.5 Å². The molecule has 0 aromatic carbocycles. The van der Waals surface area contributed by atoms with Crippen LogP contribution in [0.2, 0.25) is 0 Å². The highest BCUT2D eigenvalue weighted by Gasteiger charge is 2.48. The van der Waals surface area contributed by atoms with Crippen LogP contribution < -0.4 is 11.5 Å². The molecule has 0 radical (unpaired) electrons. The van der Waals surface area contributed by atoms with Crippen molar-refractivity contribution in [1.29, 1.82) is 0 Å². The highest BCUT2D eigenvalue weighted by molar-refractivity contribution is 4.95. The third-order valence-electron chi connectivity index (χ3n) is 4.14. The van der Waals surface area contributed by atoms with Crippen molar-refractivity contribution >= 4 is 0 Å². The van der Waals surface area contributed by atoms with Gasteiger partial charge in [-0.25, -0.2) is 0 Å². The number of hydrogen-bond acceptors (Lipinski definition) is 11. The van der Waals surface area contributed by atoms with E-state index in [1.165, 1.54) is 0 Å². The van der Waals surface area contributed by atoms with Gasteiger partial charge in [-0.2, -0.15) is 0 Å². The molecule has 2 aliphatic heterocycles. The van der Waals surface area contributed by atoms with Crippen LogP contribution in [-0.2, 0) is 14.2 Å². The van der Waals surface area contributed by atoms with Crippen LogP contribution in [0.4, 0.5) is 0 Å². The minimum absolute atomic E-state index is 0.562. The Bertz CT molecular complexity index is 352. The summed E-state index contributed by atoms with van der Waals surface area (Å²) in [6.07, 6.45) is -10.5. The third-order valence-corrected chi connectivity index (χ3v) is 4.14. The van der Waals surface area contributed by atoms with E-state index in [0.717, 1.165) is 0 Å². The van der Waals surface area contributed by atoms with E-state index in [1.54, 1.807) is 0 Å². The zero-order valence-corrected chi connectivity index (χ0v) is 12.3. The Labute approximate surface area is 132 Å². The molecule has 2 fully saturated rings. The molecule has 2 rings (SSSR count). The van der Waals surface area contributed by atoms with Crippen LogP contribution in [0.15, 0.2) is 0 Å². The Hall–Kier alpha value is -0.440. The molecule has 10 N–H and O–H groups in total. The standard InChI is InChI=1S/C12H24N2O9/c13-5-7(17)3(1-15)21-11(9(5)19)23-12-10(20)6(14)8(18)4(2-16)22-12/h3-12,15-20H,1-2,13-14H2/t3-,4-,5+,6+,7-,8-,9+,10+,11-,12+/m1/s1. The summed E-state index contributed by atoms with van der Waals surface area (Å²) >= 11 is 0. The summed E-state index contributed by atoms with van der Waals surface area (Å²) in [7, 11) is 0. The predicted octanol–water partition coefficient (Wildman–Crippen LogP) is -5.46. The van der Waals surface area contributed by atoms with E-state index in [4.69, 9.17) is 35.9 Å². The molecule has 0 amide bonds. The van der Waals surface area contributed by atoms with Gasteiger partial charge in [-0.05, 0) is 0 Å². The van der Waals surface area contributed by atoms with Crippen molar-refractivity contribution < 1.29 is 44.8 Å². The predicted molar refractivity (Wildman–Crippen MR) is 72.6 cm³/mol. The largest absolute Gasteiger partial charge is 0.394 e. The van der Waals surface area contributed by atoms with Gasteiger partial charge in [0.25, 0.3) is 0 Å². The molecule has 2 heterocycles. The first-order chi connectivity index (χ1) is 10.8. The molecular formula is C12H24N2O9. The minimum Gasteiger partial charge on any atom is -0.394 e. The zero-order valence-electron chi connectivity index (χ0n) is 12.3. The van der Waals surface area contributed by atoms with Gasteiger partial charge in [0, 0.05) is 0 Å². The molecule has 136 valence electrons. The van der Waals surface area contributed by atoms with Crippen molar-refractivity contribution in [2.24, 2.45) is 11.5 Å². The summed E-state index contributed by atoms with van der Waals surface area (Å²) in [6, 6.07) is -2.31. The van der Waals surface area contributed by atoms with Gasteiger partial charge in [0.05, 0.1) is 25.3 Å². The summed E-state index contributed by atoms with van der Waals surface area (Å²) < 4.78 is 15.7. The van der Waals surface area contributed by atoms with Crippen LogP contribution in [0.5, 0.6) is 0 Å². The number of hydrogen-bond donors (Lipinski definition) is 8. The number of aliphatic hydroxyl groups is 6. The van der Waals surface area contributed by atoms with Crippen molar-refractivity contribution in [3.05, 3.63) is 0 Å². The smallest absolute Gasteiger partial charge is 0.188 e. The maximum Gasteiger partial charge on any atom is 0.188 e. The second-order valence-electron chi connectivity index (χ2n) is 5.70. The zero-order chi connectivity index (χ0) is 17.3. The molecule has 0 spiro atoms. The molecule has 0 aromatic rings. The molecule has 0 aliphatic carbocycles. The van der Waals surface area contributed by atoms with Crippen LogP contribution in [-0.4, -0.2) is 105 Å². The molecule has 2 saturated heterocycles. The molecule has 23 heavy (non-hydrogen) atoms. The van der Waals surface area contributed by atoms with E-state index in [9.17, 15) is 20.4 Å². The number of ether oxygens (including phenoxy) is 3. The average molecular weight is 340 g/mol. The Morgan fingerprint density at radius 2 is 1.04 bits per heavy atom. The van der Waals surface area contributed by atoms with E-state index in [1.807, 2.05) is 0 Å². The van der Waals surface area contributed by atoms with Gasteiger partial charge in [0.2, 0.25) is 0 Å². The van der Waals surface area contributed by atoms with E-state index >= 15 is 0 Å². The van der Waals surface area contributed by atoms with Crippen LogP contribution in [0.3, 0.4) is 0 Å². The minimum atomic E-state index is -1.46. The monoisotopic (exact) mass is 340 g/mol. The second-order valence-corrected chi connectivity index (χ2v) is 5.70. The molecule has 2 aliphatic rings. The molecule has 11 heteroatoms. The second kappa shape index (κ2) is 7.63. The summed E-state index contributed by atoms with van der Waals surface area (Å²) in [6.45, 7) is -1.12. The lowest BCUT2D eigenvalue weighted by molar-refractivity contribution is -0.358. The lowest BCUT2D eigenvalue weighted by Gasteiger charge is -2.45. The van der Waals surface area contributed by atoms with Crippen molar-refractivity contribution in [2.75, 3.05) is 13.2 Å². The summed E-state index contributed by atoms with van der Waals surface area (Å²) in [5.74, 6) is 0. The van der Waals surface area contributed by atoms with Crippen LogP contribution in [0, 0.1) is 0 Å². The molecule has 0 aromatic heterocycles. The van der Waals surface area contributed by atoms with Gasteiger partial charge >= 0.3 is 0 Å². The summed E-state index contributed by atoms with van der Waals surface area (Å²) in [4.78, 5) is 0. The summed E-state index contributed by atoms with van der Waals surface area (Å²) in [5, 5.41) is 57.8. The molecule has 10 atom stereocenters. The number of aliphatic hydroxyl groups excluding tert-OH is 6. The van der Waals surface area contributed by atoms with Gasteiger partial charge in [-0.1, -0.05) is 0 Å². The first-order valence-electron chi connectivity index (χ1n) is 7.23. The summed E-state index contributed by atoms with van der Waals surface area (Å²) in [5.41, 5.74) is 11.3. The lowest BCUT2D eigenvalue weighted by atomic mass is 9.96. The fraction of sp³-hybridized carbons (Fsp3) is 1.00. The molecule has 0 saturated carbocycles. The highest BCUT2D eigenvalue weighted by Crippen LogP contribution is 2.26. The van der Waals surface area contributed by atoms with Crippen LogP contribution in [0.1, 0.15) is 0 Å². The van der Waals surface area contributed by atoms with E-state index in [2.05, 4.69) is 0 Å².